The van der Waals surface area contributed by atoms with E-state index in [-0.39, 0.29) is 0 Å². The second-order valence-corrected chi connectivity index (χ2v) is 5.26. The average molecular weight is 288 g/mol. The number of rotatable bonds is 7. The van der Waals surface area contributed by atoms with Crippen LogP contribution in [0.1, 0.15) is 38.2 Å². The number of fused-ring (bicyclic) bond motifs is 1. The Labute approximate surface area is 126 Å². The minimum absolute atomic E-state index is 0.615. The number of methoxy groups -OCH3 is 1. The van der Waals surface area contributed by atoms with Crippen LogP contribution in [0.25, 0.3) is 10.9 Å². The maximum Gasteiger partial charge on any atom is 0.170 e. The molecule has 0 aliphatic carbocycles. The molecule has 114 valence electrons. The summed E-state index contributed by atoms with van der Waals surface area (Å²) in [5, 5.41) is 0.949. The van der Waals surface area contributed by atoms with Crippen molar-refractivity contribution < 1.29 is 9.47 Å². The first kappa shape index (κ1) is 15.4. The Kier molecular flexibility index (Phi) is 5.26. The minimum Gasteiger partial charge on any atom is -0.493 e. The van der Waals surface area contributed by atoms with E-state index < -0.39 is 0 Å². The molecule has 0 unspecified atom stereocenters. The van der Waals surface area contributed by atoms with Crippen LogP contribution in [0, 0.1) is 6.92 Å². The molecular formula is C17H24N2O2. The molecule has 21 heavy (non-hydrogen) atoms. The number of anilines is 1. The molecule has 1 heterocycles. The summed E-state index contributed by atoms with van der Waals surface area (Å²) in [6.07, 6.45) is 6.46. The van der Waals surface area contributed by atoms with Crippen molar-refractivity contribution in [2.24, 2.45) is 0 Å². The van der Waals surface area contributed by atoms with E-state index in [1.165, 1.54) is 19.3 Å². The Hall–Kier alpha value is -1.97. The highest BCUT2D eigenvalue weighted by Crippen LogP contribution is 2.40. The Morgan fingerprint density at radius 1 is 1.24 bits per heavy atom. The Bertz CT molecular complexity index is 611. The first-order valence-electron chi connectivity index (χ1n) is 7.53. The van der Waals surface area contributed by atoms with Gasteiger partial charge in [-0.15, -0.1) is 0 Å². The Morgan fingerprint density at radius 2 is 2.05 bits per heavy atom. The quantitative estimate of drug-likeness (QED) is 0.615. The third-order valence-corrected chi connectivity index (χ3v) is 3.63. The fourth-order valence-electron chi connectivity index (χ4n) is 2.46. The zero-order valence-corrected chi connectivity index (χ0v) is 13.1. The summed E-state index contributed by atoms with van der Waals surface area (Å²) < 4.78 is 11.4. The molecule has 0 fully saturated rings. The van der Waals surface area contributed by atoms with Gasteiger partial charge in [0.15, 0.2) is 11.5 Å². The van der Waals surface area contributed by atoms with Gasteiger partial charge in [-0.05, 0) is 25.0 Å². The van der Waals surface area contributed by atoms with Crippen molar-refractivity contribution in [1.29, 1.82) is 0 Å². The number of hydrogen-bond donors (Lipinski definition) is 1. The van der Waals surface area contributed by atoms with Crippen molar-refractivity contribution in [2.45, 2.75) is 39.5 Å². The molecule has 2 aromatic rings. The third kappa shape index (κ3) is 3.38. The van der Waals surface area contributed by atoms with Crippen molar-refractivity contribution in [3.05, 3.63) is 23.9 Å². The van der Waals surface area contributed by atoms with E-state index in [2.05, 4.69) is 11.9 Å². The second kappa shape index (κ2) is 7.16. The van der Waals surface area contributed by atoms with Crippen LogP contribution in [-0.2, 0) is 0 Å². The van der Waals surface area contributed by atoms with Crippen LogP contribution in [-0.4, -0.2) is 18.7 Å². The molecule has 0 radical (unpaired) electrons. The highest BCUT2D eigenvalue weighted by Gasteiger charge is 2.15. The van der Waals surface area contributed by atoms with Gasteiger partial charge in [-0.25, -0.2) is 0 Å². The summed E-state index contributed by atoms with van der Waals surface area (Å²) in [6.45, 7) is 4.92. The van der Waals surface area contributed by atoms with Gasteiger partial charge in [0.25, 0.3) is 0 Å². The lowest BCUT2D eigenvalue weighted by Gasteiger charge is -2.16. The molecule has 0 atom stereocenters. The molecule has 0 amide bonds. The van der Waals surface area contributed by atoms with E-state index in [9.17, 15) is 0 Å². The van der Waals surface area contributed by atoms with E-state index in [0.29, 0.717) is 18.0 Å². The number of ether oxygens (including phenoxy) is 2. The lowest BCUT2D eigenvalue weighted by atomic mass is 10.1. The number of aryl methyl sites for hydroxylation is 1. The van der Waals surface area contributed by atoms with Crippen LogP contribution in [0.3, 0.4) is 0 Å². The zero-order valence-electron chi connectivity index (χ0n) is 13.1. The summed E-state index contributed by atoms with van der Waals surface area (Å²) in [4.78, 5) is 4.37. The topological polar surface area (TPSA) is 57.4 Å². The third-order valence-electron chi connectivity index (χ3n) is 3.63. The predicted octanol–water partition coefficient (Wildman–Crippen LogP) is 4.09. The highest BCUT2D eigenvalue weighted by molar-refractivity contribution is 5.98. The van der Waals surface area contributed by atoms with Gasteiger partial charge >= 0.3 is 0 Å². The van der Waals surface area contributed by atoms with Crippen molar-refractivity contribution >= 4 is 16.6 Å². The largest absolute Gasteiger partial charge is 0.493 e. The molecule has 4 heteroatoms. The molecular weight excluding hydrogens is 264 g/mol. The van der Waals surface area contributed by atoms with Crippen LogP contribution < -0.4 is 15.2 Å². The molecule has 2 rings (SSSR count). The van der Waals surface area contributed by atoms with E-state index in [1.54, 1.807) is 19.4 Å². The molecule has 0 spiro atoms. The fourth-order valence-corrected chi connectivity index (χ4v) is 2.46. The van der Waals surface area contributed by atoms with Crippen molar-refractivity contribution in [1.82, 2.24) is 4.98 Å². The summed E-state index contributed by atoms with van der Waals surface area (Å²) >= 11 is 0. The zero-order chi connectivity index (χ0) is 15.2. The monoisotopic (exact) mass is 288 g/mol. The van der Waals surface area contributed by atoms with Crippen LogP contribution in [0.4, 0.5) is 5.69 Å². The summed E-state index contributed by atoms with van der Waals surface area (Å²) in [6, 6.07) is 3.75. The molecule has 1 aromatic carbocycles. The number of nitrogens with two attached hydrogens (primary N) is 1. The van der Waals surface area contributed by atoms with Crippen LogP contribution >= 0.6 is 0 Å². The van der Waals surface area contributed by atoms with Gasteiger partial charge in [0.1, 0.15) is 0 Å². The maximum absolute atomic E-state index is 6.07. The number of aromatic nitrogens is 1. The SMILES string of the molecule is CCCCCCOc1c(OC)cc(N)c2nccc(C)c12. The molecule has 1 aromatic heterocycles. The standard InChI is InChI=1S/C17H24N2O2/c1-4-5-6-7-10-21-17-14(20-3)11-13(18)16-15(17)12(2)8-9-19-16/h8-9,11H,4-7,10,18H2,1-3H3. The second-order valence-electron chi connectivity index (χ2n) is 5.26. The number of pyridine rings is 1. The summed E-state index contributed by atoms with van der Waals surface area (Å²) in [7, 11) is 1.64. The predicted molar refractivity (Wildman–Crippen MR) is 87.1 cm³/mol. The van der Waals surface area contributed by atoms with Crippen molar-refractivity contribution in [3.63, 3.8) is 0 Å². The lowest BCUT2D eigenvalue weighted by molar-refractivity contribution is 0.288. The summed E-state index contributed by atoms with van der Waals surface area (Å²) in [5.41, 5.74) is 8.55. The average Bonchev–Trinajstić information content (AvgIpc) is 2.49. The molecule has 0 bridgehead atoms. The van der Waals surface area contributed by atoms with Gasteiger partial charge < -0.3 is 15.2 Å². The molecule has 2 N–H and O–H groups in total. The lowest BCUT2D eigenvalue weighted by Crippen LogP contribution is -2.03. The Balaban J connectivity index is 2.33. The van der Waals surface area contributed by atoms with Gasteiger partial charge in [-0.1, -0.05) is 26.2 Å². The first-order chi connectivity index (χ1) is 10.2. The summed E-state index contributed by atoms with van der Waals surface area (Å²) in [5.74, 6) is 1.43. The number of hydrogen-bond acceptors (Lipinski definition) is 4. The number of benzene rings is 1. The van der Waals surface area contributed by atoms with Crippen LogP contribution in [0.15, 0.2) is 18.3 Å². The van der Waals surface area contributed by atoms with E-state index in [0.717, 1.165) is 28.6 Å². The van der Waals surface area contributed by atoms with Gasteiger partial charge in [0.05, 0.1) is 30.3 Å². The van der Waals surface area contributed by atoms with Gasteiger partial charge in [-0.2, -0.15) is 0 Å². The van der Waals surface area contributed by atoms with Gasteiger partial charge in [0, 0.05) is 12.3 Å². The van der Waals surface area contributed by atoms with Gasteiger partial charge in [-0.3, -0.25) is 4.98 Å². The normalized spacial score (nSPS) is 10.8. The molecule has 0 aliphatic heterocycles. The maximum atomic E-state index is 6.07. The number of unbranched alkanes of at least 4 members (excludes halogenated alkanes) is 3. The van der Waals surface area contributed by atoms with E-state index in [4.69, 9.17) is 15.2 Å². The number of nitrogens with zero attached hydrogens (tertiary/aromatic N) is 1. The molecule has 4 nitrogen and oxygen atoms in total. The fraction of sp³-hybridized carbons (Fsp3) is 0.471. The van der Waals surface area contributed by atoms with Crippen LogP contribution in [0.5, 0.6) is 11.5 Å². The molecule has 0 saturated heterocycles. The van der Waals surface area contributed by atoms with E-state index in [1.807, 2.05) is 13.0 Å². The van der Waals surface area contributed by atoms with Crippen molar-refractivity contribution in [2.75, 3.05) is 19.5 Å². The van der Waals surface area contributed by atoms with Crippen LogP contribution in [0.2, 0.25) is 0 Å². The van der Waals surface area contributed by atoms with E-state index >= 15 is 0 Å². The van der Waals surface area contributed by atoms with Gasteiger partial charge in [0.2, 0.25) is 0 Å². The smallest absolute Gasteiger partial charge is 0.170 e. The Morgan fingerprint density at radius 3 is 2.76 bits per heavy atom. The molecule has 0 aliphatic rings. The first-order valence-corrected chi connectivity index (χ1v) is 7.53. The number of nitrogen functional groups attached to an aromatic ring is 1. The molecule has 0 saturated carbocycles. The highest BCUT2D eigenvalue weighted by atomic mass is 16.5. The minimum atomic E-state index is 0.615. The van der Waals surface area contributed by atoms with Crippen molar-refractivity contribution in [3.8, 4) is 11.5 Å².